The van der Waals surface area contributed by atoms with Crippen molar-refractivity contribution in [1.82, 2.24) is 4.98 Å². The molecule has 3 nitrogen and oxygen atoms in total. The van der Waals surface area contributed by atoms with Crippen molar-refractivity contribution >= 4 is 11.4 Å². The Morgan fingerprint density at radius 1 is 1.30 bits per heavy atom. The summed E-state index contributed by atoms with van der Waals surface area (Å²) in [6, 6.07) is 3.81. The van der Waals surface area contributed by atoms with Crippen molar-refractivity contribution in [2.24, 2.45) is 5.41 Å². The number of pyridine rings is 1. The van der Waals surface area contributed by atoms with Crippen LogP contribution in [0.25, 0.3) is 5.57 Å². The van der Waals surface area contributed by atoms with Crippen molar-refractivity contribution in [3.63, 3.8) is 0 Å². The highest BCUT2D eigenvalue weighted by Gasteiger charge is 2.35. The predicted molar refractivity (Wildman–Crippen MR) is 78.7 cm³/mol. The normalized spacial score (nSPS) is 22.6. The summed E-state index contributed by atoms with van der Waals surface area (Å²) in [5.74, 6) is 0.195. The molecule has 1 aliphatic heterocycles. The second kappa shape index (κ2) is 4.52. The van der Waals surface area contributed by atoms with Gasteiger partial charge in [-0.3, -0.25) is 9.78 Å². The Morgan fingerprint density at radius 3 is 2.75 bits per heavy atom. The van der Waals surface area contributed by atoms with Gasteiger partial charge in [0.25, 0.3) is 0 Å². The minimum atomic E-state index is 0.0991. The SMILES string of the molecule is Cc1ccc2c(n1)C1=C(CC2=O)CC(C(C)(C)C)OC1. The molecule has 0 spiro atoms. The zero-order valence-electron chi connectivity index (χ0n) is 12.6. The second-order valence-electron chi connectivity index (χ2n) is 6.90. The molecule has 3 rings (SSSR count). The van der Waals surface area contributed by atoms with E-state index in [2.05, 4.69) is 25.8 Å². The largest absolute Gasteiger partial charge is 0.373 e. The number of ether oxygens (including phenoxy) is 1. The number of ketones is 1. The van der Waals surface area contributed by atoms with Crippen molar-refractivity contribution in [3.8, 4) is 0 Å². The van der Waals surface area contributed by atoms with Gasteiger partial charge in [-0.2, -0.15) is 0 Å². The molecule has 0 saturated carbocycles. The van der Waals surface area contributed by atoms with Crippen LogP contribution in [-0.4, -0.2) is 23.5 Å². The fraction of sp³-hybridized carbons (Fsp3) is 0.529. The first-order chi connectivity index (χ1) is 9.36. The highest BCUT2D eigenvalue weighted by Crippen LogP contribution is 2.40. The fourth-order valence-electron chi connectivity index (χ4n) is 2.96. The Balaban J connectivity index is 2.03. The monoisotopic (exact) mass is 271 g/mol. The number of hydrogen-bond donors (Lipinski definition) is 0. The van der Waals surface area contributed by atoms with Gasteiger partial charge in [-0.25, -0.2) is 0 Å². The topological polar surface area (TPSA) is 39.2 Å². The summed E-state index contributed by atoms with van der Waals surface area (Å²) >= 11 is 0. The van der Waals surface area contributed by atoms with Crippen molar-refractivity contribution in [2.45, 2.75) is 46.6 Å². The Morgan fingerprint density at radius 2 is 2.05 bits per heavy atom. The minimum absolute atomic E-state index is 0.0991. The number of hydrogen-bond acceptors (Lipinski definition) is 3. The molecule has 0 fully saturated rings. The van der Waals surface area contributed by atoms with Crippen molar-refractivity contribution < 1.29 is 9.53 Å². The third-order valence-corrected chi connectivity index (χ3v) is 4.25. The molecule has 2 heterocycles. The highest BCUT2D eigenvalue weighted by atomic mass is 16.5. The van der Waals surface area contributed by atoms with Gasteiger partial charge < -0.3 is 4.74 Å². The van der Waals surface area contributed by atoms with E-state index in [0.29, 0.717) is 13.0 Å². The average Bonchev–Trinajstić information content (AvgIpc) is 2.37. The van der Waals surface area contributed by atoms with E-state index in [1.54, 1.807) is 0 Å². The van der Waals surface area contributed by atoms with Gasteiger partial charge in [0.1, 0.15) is 0 Å². The molecule has 1 unspecified atom stereocenters. The average molecular weight is 271 g/mol. The predicted octanol–water partition coefficient (Wildman–Crippen LogP) is 3.57. The van der Waals surface area contributed by atoms with E-state index in [4.69, 9.17) is 4.74 Å². The zero-order valence-corrected chi connectivity index (χ0v) is 12.6. The molecule has 1 aromatic heterocycles. The molecule has 2 aliphatic rings. The third kappa shape index (κ3) is 2.20. The molecule has 1 aromatic rings. The molecule has 1 aliphatic carbocycles. The van der Waals surface area contributed by atoms with Crippen LogP contribution in [0.3, 0.4) is 0 Å². The van der Waals surface area contributed by atoms with Crippen molar-refractivity contribution in [2.75, 3.05) is 6.61 Å². The maximum Gasteiger partial charge on any atom is 0.169 e. The minimum Gasteiger partial charge on any atom is -0.373 e. The van der Waals surface area contributed by atoms with Crippen LogP contribution < -0.4 is 0 Å². The molecule has 20 heavy (non-hydrogen) atoms. The summed E-state index contributed by atoms with van der Waals surface area (Å²) in [4.78, 5) is 16.9. The summed E-state index contributed by atoms with van der Waals surface area (Å²) in [5, 5.41) is 0. The summed E-state index contributed by atoms with van der Waals surface area (Å²) in [6.07, 6.45) is 1.56. The fourth-order valence-corrected chi connectivity index (χ4v) is 2.96. The number of fused-ring (bicyclic) bond motifs is 2. The molecule has 106 valence electrons. The number of nitrogens with zero attached hydrogens (tertiary/aromatic N) is 1. The van der Waals surface area contributed by atoms with E-state index in [1.807, 2.05) is 19.1 Å². The molecule has 0 radical (unpaired) electrons. The van der Waals surface area contributed by atoms with E-state index >= 15 is 0 Å². The lowest BCUT2D eigenvalue weighted by atomic mass is 9.78. The van der Waals surface area contributed by atoms with Crippen LogP contribution in [0.1, 0.15) is 55.4 Å². The standard InChI is InChI=1S/C17H21NO2/c1-10-5-6-12-14(19)7-11-8-15(17(2,3)4)20-9-13(11)16(12)18-10/h5-6,15H,7-9H2,1-4H3. The van der Waals surface area contributed by atoms with Gasteiger partial charge in [0.15, 0.2) is 5.78 Å². The number of rotatable bonds is 0. The van der Waals surface area contributed by atoms with Crippen LogP contribution in [-0.2, 0) is 4.74 Å². The Labute approximate surface area is 120 Å². The maximum absolute atomic E-state index is 12.3. The third-order valence-electron chi connectivity index (χ3n) is 4.25. The molecule has 0 aromatic carbocycles. The van der Waals surface area contributed by atoms with Gasteiger partial charge in [-0.05, 0) is 30.9 Å². The molecule has 0 saturated heterocycles. The van der Waals surface area contributed by atoms with Crippen molar-refractivity contribution in [3.05, 3.63) is 34.7 Å². The number of aromatic nitrogens is 1. The maximum atomic E-state index is 12.3. The Kier molecular flexibility index (Phi) is 3.05. The number of carbonyl (C=O) groups is 1. The van der Waals surface area contributed by atoms with E-state index < -0.39 is 0 Å². The van der Waals surface area contributed by atoms with Gasteiger partial charge in [-0.15, -0.1) is 0 Å². The number of carbonyl (C=O) groups excluding carboxylic acids is 1. The zero-order chi connectivity index (χ0) is 14.5. The lowest BCUT2D eigenvalue weighted by Crippen LogP contribution is -2.35. The lowest BCUT2D eigenvalue weighted by molar-refractivity contribution is -0.00759. The first-order valence-corrected chi connectivity index (χ1v) is 7.20. The second-order valence-corrected chi connectivity index (χ2v) is 6.90. The van der Waals surface area contributed by atoms with E-state index in [1.165, 1.54) is 5.57 Å². The molecular formula is C17H21NO2. The van der Waals surface area contributed by atoms with Gasteiger partial charge in [0.05, 0.1) is 18.4 Å². The number of Topliss-reactive ketones (excluding diaryl/α,β-unsaturated/α-hetero) is 1. The van der Waals surface area contributed by atoms with Crippen LogP contribution in [0.15, 0.2) is 17.7 Å². The van der Waals surface area contributed by atoms with Crippen LogP contribution in [0.2, 0.25) is 0 Å². The first-order valence-electron chi connectivity index (χ1n) is 7.20. The van der Waals surface area contributed by atoms with Crippen LogP contribution in [0, 0.1) is 12.3 Å². The summed E-state index contributed by atoms with van der Waals surface area (Å²) in [7, 11) is 0. The van der Waals surface area contributed by atoms with E-state index in [-0.39, 0.29) is 17.3 Å². The number of aryl methyl sites for hydroxylation is 1. The summed E-state index contributed by atoms with van der Waals surface area (Å²) in [6.45, 7) is 9.09. The smallest absolute Gasteiger partial charge is 0.169 e. The first kappa shape index (κ1) is 13.5. The van der Waals surface area contributed by atoms with Gasteiger partial charge in [0, 0.05) is 23.3 Å². The lowest BCUT2D eigenvalue weighted by Gasteiger charge is -2.37. The molecule has 0 bridgehead atoms. The van der Waals surface area contributed by atoms with E-state index in [0.717, 1.165) is 28.9 Å². The van der Waals surface area contributed by atoms with Crippen LogP contribution >= 0.6 is 0 Å². The Bertz CT molecular complexity index is 608. The molecule has 1 atom stereocenters. The molecule has 3 heteroatoms. The van der Waals surface area contributed by atoms with Gasteiger partial charge >= 0.3 is 0 Å². The van der Waals surface area contributed by atoms with E-state index in [9.17, 15) is 4.79 Å². The van der Waals surface area contributed by atoms with Crippen LogP contribution in [0.4, 0.5) is 0 Å². The molecule has 0 N–H and O–H groups in total. The molecular weight excluding hydrogens is 250 g/mol. The van der Waals surface area contributed by atoms with Crippen molar-refractivity contribution in [1.29, 1.82) is 0 Å². The molecule has 0 amide bonds. The van der Waals surface area contributed by atoms with Crippen LogP contribution in [0.5, 0.6) is 0 Å². The van der Waals surface area contributed by atoms with Gasteiger partial charge in [0.2, 0.25) is 0 Å². The Hall–Kier alpha value is -1.48. The van der Waals surface area contributed by atoms with Gasteiger partial charge in [-0.1, -0.05) is 26.3 Å². The highest BCUT2D eigenvalue weighted by molar-refractivity contribution is 6.05. The summed E-state index contributed by atoms with van der Waals surface area (Å²) < 4.78 is 6.03. The quantitative estimate of drug-likeness (QED) is 0.724. The summed E-state index contributed by atoms with van der Waals surface area (Å²) in [5.41, 5.74) is 5.02.